The standard InChI is InChI=1S/C7H16N2O3/c1-6(12-2)9-4-3-8-5-7(10)11/h6,8-9H,3-5H2,1-2H3,(H,10,11). The van der Waals surface area contributed by atoms with Crippen molar-refractivity contribution in [2.24, 2.45) is 0 Å². The van der Waals surface area contributed by atoms with Gasteiger partial charge in [-0.25, -0.2) is 0 Å². The van der Waals surface area contributed by atoms with Crippen molar-refractivity contribution in [1.29, 1.82) is 0 Å². The molecule has 0 saturated heterocycles. The molecule has 0 bridgehead atoms. The maximum Gasteiger partial charge on any atom is 0.317 e. The first-order valence-corrected chi connectivity index (χ1v) is 3.85. The maximum atomic E-state index is 10.0. The van der Waals surface area contributed by atoms with Crippen LogP contribution in [0.3, 0.4) is 0 Å². The molecule has 72 valence electrons. The Kier molecular flexibility index (Phi) is 6.64. The van der Waals surface area contributed by atoms with Gasteiger partial charge in [0.05, 0.1) is 6.54 Å². The van der Waals surface area contributed by atoms with Gasteiger partial charge in [-0.15, -0.1) is 0 Å². The van der Waals surface area contributed by atoms with Gasteiger partial charge >= 0.3 is 5.97 Å². The molecule has 0 rings (SSSR count). The molecule has 0 aromatic rings. The number of ether oxygens (including phenoxy) is 1. The van der Waals surface area contributed by atoms with E-state index in [-0.39, 0.29) is 12.8 Å². The summed E-state index contributed by atoms with van der Waals surface area (Å²) in [6, 6.07) is 0. The summed E-state index contributed by atoms with van der Waals surface area (Å²) in [7, 11) is 1.61. The summed E-state index contributed by atoms with van der Waals surface area (Å²) in [5.74, 6) is -0.838. The van der Waals surface area contributed by atoms with E-state index in [1.165, 1.54) is 0 Å². The minimum atomic E-state index is -0.838. The van der Waals surface area contributed by atoms with Gasteiger partial charge in [-0.3, -0.25) is 10.1 Å². The van der Waals surface area contributed by atoms with E-state index in [0.29, 0.717) is 13.1 Å². The molecule has 12 heavy (non-hydrogen) atoms. The molecule has 0 fully saturated rings. The van der Waals surface area contributed by atoms with Gasteiger partial charge in [0.2, 0.25) is 0 Å². The van der Waals surface area contributed by atoms with E-state index < -0.39 is 5.97 Å². The molecular formula is C7H16N2O3. The first-order chi connectivity index (χ1) is 5.66. The number of hydrogen-bond donors (Lipinski definition) is 3. The summed E-state index contributed by atoms with van der Waals surface area (Å²) in [6.07, 6.45) is 0.0108. The number of nitrogens with one attached hydrogen (secondary N) is 2. The number of methoxy groups -OCH3 is 1. The Hall–Kier alpha value is -0.650. The van der Waals surface area contributed by atoms with E-state index in [1.54, 1.807) is 7.11 Å². The van der Waals surface area contributed by atoms with Crippen molar-refractivity contribution in [3.05, 3.63) is 0 Å². The average Bonchev–Trinajstić information content (AvgIpc) is 2.03. The highest BCUT2D eigenvalue weighted by Crippen LogP contribution is 1.77. The van der Waals surface area contributed by atoms with Crippen LogP contribution in [0.4, 0.5) is 0 Å². The van der Waals surface area contributed by atoms with Crippen molar-refractivity contribution in [2.45, 2.75) is 13.2 Å². The normalized spacial score (nSPS) is 12.8. The van der Waals surface area contributed by atoms with Crippen LogP contribution in [0.5, 0.6) is 0 Å². The zero-order valence-electron chi connectivity index (χ0n) is 7.46. The second kappa shape index (κ2) is 7.02. The Morgan fingerprint density at radius 2 is 2.25 bits per heavy atom. The molecule has 1 unspecified atom stereocenters. The first-order valence-electron chi connectivity index (χ1n) is 3.85. The lowest BCUT2D eigenvalue weighted by Crippen LogP contribution is -2.35. The van der Waals surface area contributed by atoms with Crippen molar-refractivity contribution in [3.8, 4) is 0 Å². The predicted octanol–water partition coefficient (Wildman–Crippen LogP) is -0.757. The molecule has 0 radical (unpaired) electrons. The van der Waals surface area contributed by atoms with E-state index >= 15 is 0 Å². The van der Waals surface area contributed by atoms with Crippen LogP contribution in [-0.2, 0) is 9.53 Å². The van der Waals surface area contributed by atoms with Crippen molar-refractivity contribution < 1.29 is 14.6 Å². The van der Waals surface area contributed by atoms with Gasteiger partial charge in [0, 0.05) is 20.2 Å². The Morgan fingerprint density at radius 3 is 2.75 bits per heavy atom. The lowest BCUT2D eigenvalue weighted by molar-refractivity contribution is -0.135. The highest BCUT2D eigenvalue weighted by atomic mass is 16.5. The van der Waals surface area contributed by atoms with Crippen molar-refractivity contribution >= 4 is 5.97 Å². The average molecular weight is 176 g/mol. The minimum Gasteiger partial charge on any atom is -0.480 e. The third kappa shape index (κ3) is 7.46. The molecule has 1 atom stereocenters. The van der Waals surface area contributed by atoms with Gasteiger partial charge < -0.3 is 15.2 Å². The molecule has 0 aromatic heterocycles. The molecule has 0 aliphatic carbocycles. The van der Waals surface area contributed by atoms with E-state index in [9.17, 15) is 4.79 Å². The van der Waals surface area contributed by atoms with Crippen LogP contribution in [0.1, 0.15) is 6.92 Å². The van der Waals surface area contributed by atoms with E-state index in [0.717, 1.165) is 0 Å². The van der Waals surface area contributed by atoms with Crippen LogP contribution >= 0.6 is 0 Å². The molecule has 5 nitrogen and oxygen atoms in total. The van der Waals surface area contributed by atoms with E-state index in [4.69, 9.17) is 9.84 Å². The van der Waals surface area contributed by atoms with Gasteiger partial charge in [0.25, 0.3) is 0 Å². The Balaban J connectivity index is 3.05. The first kappa shape index (κ1) is 11.4. The molecule has 0 amide bonds. The number of hydrogen-bond acceptors (Lipinski definition) is 4. The predicted molar refractivity (Wildman–Crippen MR) is 45.0 cm³/mol. The maximum absolute atomic E-state index is 10.0. The number of carboxylic acids is 1. The van der Waals surface area contributed by atoms with Crippen LogP contribution in [0.15, 0.2) is 0 Å². The second-order valence-electron chi connectivity index (χ2n) is 2.40. The quantitative estimate of drug-likeness (QED) is 0.351. The third-order valence-corrected chi connectivity index (χ3v) is 1.36. The summed E-state index contributed by atoms with van der Waals surface area (Å²) >= 11 is 0. The largest absolute Gasteiger partial charge is 0.480 e. The van der Waals surface area contributed by atoms with Gasteiger partial charge in [-0.2, -0.15) is 0 Å². The van der Waals surface area contributed by atoms with Crippen LogP contribution in [0, 0.1) is 0 Å². The lowest BCUT2D eigenvalue weighted by atomic mass is 10.5. The smallest absolute Gasteiger partial charge is 0.317 e. The van der Waals surface area contributed by atoms with Crippen LogP contribution in [0.2, 0.25) is 0 Å². The number of aliphatic carboxylic acids is 1. The van der Waals surface area contributed by atoms with E-state index in [2.05, 4.69) is 10.6 Å². The minimum absolute atomic E-state index is 0.00302. The fourth-order valence-corrected chi connectivity index (χ4v) is 0.642. The molecule has 5 heteroatoms. The number of rotatable bonds is 7. The van der Waals surface area contributed by atoms with Gasteiger partial charge in [-0.1, -0.05) is 0 Å². The molecule has 0 aromatic carbocycles. The fourth-order valence-electron chi connectivity index (χ4n) is 0.642. The molecule has 0 spiro atoms. The molecule has 0 aliphatic heterocycles. The van der Waals surface area contributed by atoms with Crippen LogP contribution in [0.25, 0.3) is 0 Å². The third-order valence-electron chi connectivity index (χ3n) is 1.36. The highest BCUT2D eigenvalue weighted by molar-refractivity contribution is 5.68. The fraction of sp³-hybridized carbons (Fsp3) is 0.857. The SMILES string of the molecule is COC(C)NCCNCC(=O)O. The molecule has 3 N–H and O–H groups in total. The van der Waals surface area contributed by atoms with Crippen LogP contribution < -0.4 is 10.6 Å². The topological polar surface area (TPSA) is 70.6 Å². The Morgan fingerprint density at radius 1 is 1.58 bits per heavy atom. The molecule has 0 heterocycles. The zero-order valence-corrected chi connectivity index (χ0v) is 7.46. The summed E-state index contributed by atoms with van der Waals surface area (Å²) in [6.45, 7) is 3.21. The summed E-state index contributed by atoms with van der Waals surface area (Å²) in [4.78, 5) is 10.0. The second-order valence-corrected chi connectivity index (χ2v) is 2.40. The van der Waals surface area contributed by atoms with Gasteiger partial charge in [0.15, 0.2) is 0 Å². The number of carboxylic acid groups (broad SMARTS) is 1. The molecule has 0 saturated carbocycles. The zero-order chi connectivity index (χ0) is 9.40. The monoisotopic (exact) mass is 176 g/mol. The van der Waals surface area contributed by atoms with Crippen molar-refractivity contribution in [3.63, 3.8) is 0 Å². The van der Waals surface area contributed by atoms with Crippen molar-refractivity contribution in [2.75, 3.05) is 26.7 Å². The summed E-state index contributed by atoms with van der Waals surface area (Å²) < 4.78 is 4.92. The van der Waals surface area contributed by atoms with Crippen LogP contribution in [-0.4, -0.2) is 44.0 Å². The Labute approximate surface area is 72.1 Å². The van der Waals surface area contributed by atoms with Crippen molar-refractivity contribution in [1.82, 2.24) is 10.6 Å². The summed E-state index contributed by atoms with van der Waals surface area (Å²) in [5, 5.41) is 14.0. The van der Waals surface area contributed by atoms with Gasteiger partial charge in [0.1, 0.15) is 6.23 Å². The number of carbonyl (C=O) groups is 1. The van der Waals surface area contributed by atoms with E-state index in [1.807, 2.05) is 6.92 Å². The Bertz CT molecular complexity index is 130. The van der Waals surface area contributed by atoms with Gasteiger partial charge in [-0.05, 0) is 6.92 Å². The highest BCUT2D eigenvalue weighted by Gasteiger charge is 1.97. The lowest BCUT2D eigenvalue weighted by Gasteiger charge is -2.11. The molecule has 0 aliphatic rings. The summed E-state index contributed by atoms with van der Waals surface area (Å²) in [5.41, 5.74) is 0. The molecular weight excluding hydrogens is 160 g/mol.